The zero-order valence-corrected chi connectivity index (χ0v) is 13.4. The molecule has 1 aliphatic rings. The van der Waals surface area contributed by atoms with E-state index in [9.17, 15) is 22.0 Å². The molecule has 1 atom stereocenters. The van der Waals surface area contributed by atoms with Crippen LogP contribution in [0.1, 0.15) is 22.9 Å². The second-order valence-electron chi connectivity index (χ2n) is 6.03. The number of hydrogen-bond donors (Lipinski definition) is 0. The Morgan fingerprint density at radius 3 is 2.62 bits per heavy atom. The third-order valence-corrected chi connectivity index (χ3v) is 4.46. The van der Waals surface area contributed by atoms with Gasteiger partial charge in [-0.25, -0.2) is 13.8 Å². The Kier molecular flexibility index (Phi) is 3.60. The topological polar surface area (TPSA) is 46.3 Å². The minimum Gasteiger partial charge on any atom is -0.340 e. The Balaban J connectivity index is 1.91. The molecule has 0 N–H and O–H groups in total. The van der Waals surface area contributed by atoms with E-state index in [1.54, 1.807) is 6.92 Å². The number of benzene rings is 1. The highest BCUT2D eigenvalue weighted by Gasteiger charge is 2.48. The molecule has 0 radical (unpaired) electrons. The normalized spacial score (nSPS) is 15.5. The molecule has 1 unspecified atom stereocenters. The van der Waals surface area contributed by atoms with Crippen LogP contribution in [0.3, 0.4) is 0 Å². The fraction of sp³-hybridized carbons (Fsp3) is 0.312. The van der Waals surface area contributed by atoms with Crippen molar-refractivity contribution in [2.75, 3.05) is 11.4 Å². The van der Waals surface area contributed by atoms with Crippen molar-refractivity contribution in [3.63, 3.8) is 0 Å². The van der Waals surface area contributed by atoms with Gasteiger partial charge in [0, 0.05) is 17.8 Å². The van der Waals surface area contributed by atoms with Gasteiger partial charge in [0.25, 0.3) is 5.78 Å². The number of halogens is 5. The predicted molar refractivity (Wildman–Crippen MR) is 81.7 cm³/mol. The van der Waals surface area contributed by atoms with Gasteiger partial charge < -0.3 is 4.90 Å². The molecule has 3 heterocycles. The maximum absolute atomic E-state index is 13.9. The first kappa shape index (κ1) is 16.7. The fourth-order valence-electron chi connectivity index (χ4n) is 3.37. The fourth-order valence-corrected chi connectivity index (χ4v) is 3.37. The summed E-state index contributed by atoms with van der Waals surface area (Å²) < 4.78 is 69.7. The largest absolute Gasteiger partial charge is 0.413 e. The molecule has 136 valence electrons. The Morgan fingerprint density at radius 2 is 1.92 bits per heavy atom. The van der Waals surface area contributed by atoms with Crippen LogP contribution in [0.25, 0.3) is 5.78 Å². The number of aryl methyl sites for hydroxylation is 1. The molecular formula is C16H12F5N5. The van der Waals surface area contributed by atoms with Crippen molar-refractivity contribution in [1.29, 1.82) is 0 Å². The zero-order valence-electron chi connectivity index (χ0n) is 13.4. The van der Waals surface area contributed by atoms with E-state index in [2.05, 4.69) is 15.1 Å². The van der Waals surface area contributed by atoms with Crippen molar-refractivity contribution >= 4 is 11.6 Å². The summed E-state index contributed by atoms with van der Waals surface area (Å²) in [5.41, 5.74) is 0.807. The van der Waals surface area contributed by atoms with Crippen LogP contribution < -0.4 is 4.90 Å². The Morgan fingerprint density at radius 1 is 1.15 bits per heavy atom. The maximum Gasteiger partial charge on any atom is 0.413 e. The lowest BCUT2D eigenvalue weighted by Gasteiger charge is -2.32. The number of fused-ring (bicyclic) bond motifs is 3. The van der Waals surface area contributed by atoms with E-state index in [1.165, 1.54) is 10.8 Å². The molecule has 2 aromatic heterocycles. The lowest BCUT2D eigenvalue weighted by atomic mass is 10.0. The molecule has 4 rings (SSSR count). The highest BCUT2D eigenvalue weighted by atomic mass is 19.4. The summed E-state index contributed by atoms with van der Waals surface area (Å²) in [5, 5.41) is 3.97. The molecule has 0 spiro atoms. The van der Waals surface area contributed by atoms with Gasteiger partial charge in [0.2, 0.25) is 0 Å². The molecular weight excluding hydrogens is 357 g/mol. The van der Waals surface area contributed by atoms with E-state index < -0.39 is 23.9 Å². The van der Waals surface area contributed by atoms with E-state index in [0.29, 0.717) is 29.8 Å². The Labute approximate surface area is 144 Å². The third kappa shape index (κ3) is 2.47. The Bertz CT molecular complexity index is 997. The summed E-state index contributed by atoms with van der Waals surface area (Å²) in [4.78, 5) is 9.26. The highest BCUT2D eigenvalue weighted by Crippen LogP contribution is 2.44. The van der Waals surface area contributed by atoms with Crippen LogP contribution >= 0.6 is 0 Å². The predicted octanol–water partition coefficient (Wildman–Crippen LogP) is 3.38. The number of hydrogen-bond acceptors (Lipinski definition) is 4. The molecule has 1 aliphatic heterocycles. The van der Waals surface area contributed by atoms with E-state index in [0.717, 1.165) is 11.0 Å². The quantitative estimate of drug-likeness (QED) is 0.650. The van der Waals surface area contributed by atoms with Gasteiger partial charge in [0.05, 0.1) is 0 Å². The van der Waals surface area contributed by atoms with Gasteiger partial charge in [-0.1, -0.05) is 6.07 Å². The van der Waals surface area contributed by atoms with Gasteiger partial charge in [0.15, 0.2) is 17.7 Å². The van der Waals surface area contributed by atoms with Gasteiger partial charge >= 0.3 is 6.18 Å². The number of rotatable bonds is 2. The van der Waals surface area contributed by atoms with Gasteiger partial charge in [-0.2, -0.15) is 27.8 Å². The van der Waals surface area contributed by atoms with E-state index in [1.807, 2.05) is 0 Å². The molecule has 0 amide bonds. The average Bonchev–Trinajstić information content (AvgIpc) is 3.16. The SMILES string of the molecule is Cc1nc2ncnn2c2c1CCN2C(c1ccc(F)c(F)c1)C(F)(F)F. The number of nitrogens with zero attached hydrogens (tertiary/aromatic N) is 5. The minimum absolute atomic E-state index is 0.0417. The van der Waals surface area contributed by atoms with Crippen molar-refractivity contribution in [2.45, 2.75) is 25.6 Å². The van der Waals surface area contributed by atoms with Crippen molar-refractivity contribution in [2.24, 2.45) is 0 Å². The maximum atomic E-state index is 13.9. The van der Waals surface area contributed by atoms with Crippen LogP contribution in [-0.4, -0.2) is 32.3 Å². The summed E-state index contributed by atoms with van der Waals surface area (Å²) in [7, 11) is 0. The lowest BCUT2D eigenvalue weighted by Crippen LogP contribution is -2.38. The molecule has 5 nitrogen and oxygen atoms in total. The van der Waals surface area contributed by atoms with E-state index in [4.69, 9.17) is 0 Å². The highest BCUT2D eigenvalue weighted by molar-refractivity contribution is 5.60. The molecule has 10 heteroatoms. The Hall–Kier alpha value is -2.78. The summed E-state index contributed by atoms with van der Waals surface area (Å²) in [5.74, 6) is -2.13. The molecule has 0 saturated heterocycles. The van der Waals surface area contributed by atoms with Gasteiger partial charge in [-0.05, 0) is 31.0 Å². The second-order valence-corrected chi connectivity index (χ2v) is 6.03. The molecule has 26 heavy (non-hydrogen) atoms. The van der Waals surface area contributed by atoms with Crippen molar-refractivity contribution < 1.29 is 22.0 Å². The number of aromatic nitrogens is 4. The van der Waals surface area contributed by atoms with Crippen molar-refractivity contribution in [3.05, 3.63) is 53.0 Å². The summed E-state index contributed by atoms with van der Waals surface area (Å²) in [6.45, 7) is 1.73. The van der Waals surface area contributed by atoms with Gasteiger partial charge in [-0.15, -0.1) is 0 Å². The van der Waals surface area contributed by atoms with Crippen LogP contribution in [0.2, 0.25) is 0 Å². The number of anilines is 1. The van der Waals surface area contributed by atoms with Crippen molar-refractivity contribution in [3.8, 4) is 0 Å². The first-order valence-electron chi connectivity index (χ1n) is 7.75. The van der Waals surface area contributed by atoms with Crippen LogP contribution in [0.15, 0.2) is 24.5 Å². The molecule has 0 bridgehead atoms. The first-order valence-corrected chi connectivity index (χ1v) is 7.75. The third-order valence-electron chi connectivity index (χ3n) is 4.46. The van der Waals surface area contributed by atoms with E-state index >= 15 is 0 Å². The zero-order chi connectivity index (χ0) is 18.6. The second kappa shape index (κ2) is 5.61. The summed E-state index contributed by atoms with van der Waals surface area (Å²) >= 11 is 0. The van der Waals surface area contributed by atoms with Crippen LogP contribution in [0.5, 0.6) is 0 Å². The standard InChI is InChI=1S/C16H12F5N5/c1-8-10-4-5-25(14(10)26-15(24-8)22-7-23-26)13(16(19,20)21)9-2-3-11(17)12(18)6-9/h2-3,6-7,13H,4-5H2,1H3. The van der Waals surface area contributed by atoms with Crippen LogP contribution in [0, 0.1) is 18.6 Å². The number of alkyl halides is 3. The lowest BCUT2D eigenvalue weighted by molar-refractivity contribution is -0.150. The average molecular weight is 369 g/mol. The summed E-state index contributed by atoms with van der Waals surface area (Å²) in [6, 6.07) is 0.0793. The molecule has 1 aromatic carbocycles. The van der Waals surface area contributed by atoms with Crippen molar-refractivity contribution in [1.82, 2.24) is 19.6 Å². The van der Waals surface area contributed by atoms with Gasteiger partial charge in [-0.3, -0.25) is 0 Å². The van der Waals surface area contributed by atoms with E-state index in [-0.39, 0.29) is 23.7 Å². The molecule has 0 saturated carbocycles. The smallest absolute Gasteiger partial charge is 0.340 e. The molecule has 0 aliphatic carbocycles. The minimum atomic E-state index is -4.71. The first-order chi connectivity index (χ1) is 12.3. The summed E-state index contributed by atoms with van der Waals surface area (Å²) in [6.07, 6.45) is -3.17. The monoisotopic (exact) mass is 369 g/mol. The van der Waals surface area contributed by atoms with Crippen LogP contribution in [-0.2, 0) is 6.42 Å². The molecule has 0 fully saturated rings. The molecule has 3 aromatic rings. The van der Waals surface area contributed by atoms with Gasteiger partial charge in [0.1, 0.15) is 12.1 Å². The van der Waals surface area contributed by atoms with Crippen LogP contribution in [0.4, 0.5) is 27.8 Å².